The molecule has 0 spiro atoms. The summed E-state index contributed by atoms with van der Waals surface area (Å²) in [4.78, 5) is 33.3. The molecule has 1 aromatic rings. The molecule has 96 valence electrons. The topological polar surface area (TPSA) is 109 Å². The maximum atomic E-state index is 11.7. The summed E-state index contributed by atoms with van der Waals surface area (Å²) in [5.41, 5.74) is 5.20. The molecule has 0 aliphatic heterocycles. The number of carboxylic acids is 1. The van der Waals surface area contributed by atoms with Crippen LogP contribution in [0.2, 0.25) is 0 Å². The Balaban J connectivity index is 2.78. The molecule has 0 unspecified atom stereocenters. The Bertz CT molecular complexity index is 490. The van der Waals surface area contributed by atoms with E-state index in [1.807, 2.05) is 0 Å². The van der Waals surface area contributed by atoms with Crippen LogP contribution in [0.5, 0.6) is 0 Å². The Morgan fingerprint density at radius 1 is 1.39 bits per heavy atom. The summed E-state index contributed by atoms with van der Waals surface area (Å²) in [7, 11) is 0. The number of hydrogen-bond donors (Lipinski definition) is 3. The molecule has 0 saturated carbocycles. The van der Waals surface area contributed by atoms with E-state index in [0.29, 0.717) is 10.0 Å². The number of hydrogen-bond acceptors (Lipinski definition) is 3. The second-order valence-corrected chi connectivity index (χ2v) is 4.46. The van der Waals surface area contributed by atoms with Gasteiger partial charge in [-0.3, -0.25) is 9.59 Å². The lowest BCUT2D eigenvalue weighted by Gasteiger charge is -2.12. The van der Waals surface area contributed by atoms with Gasteiger partial charge in [0.1, 0.15) is 6.04 Å². The molecule has 2 amide bonds. The van der Waals surface area contributed by atoms with Gasteiger partial charge in [-0.1, -0.05) is 22.0 Å². The number of primary amides is 1. The van der Waals surface area contributed by atoms with E-state index in [2.05, 4.69) is 21.2 Å². The van der Waals surface area contributed by atoms with Crippen LogP contribution in [0, 0.1) is 0 Å². The van der Waals surface area contributed by atoms with Gasteiger partial charge in [0.2, 0.25) is 5.91 Å². The van der Waals surface area contributed by atoms with Crippen molar-refractivity contribution >= 4 is 33.7 Å². The number of carbonyl (C=O) groups excluding carboxylic acids is 2. The molecule has 1 rings (SSSR count). The van der Waals surface area contributed by atoms with Gasteiger partial charge in [0.15, 0.2) is 0 Å². The molecule has 0 radical (unpaired) electrons. The predicted molar refractivity (Wildman–Crippen MR) is 66.8 cm³/mol. The van der Waals surface area contributed by atoms with E-state index >= 15 is 0 Å². The highest BCUT2D eigenvalue weighted by Gasteiger charge is 2.22. The average Bonchev–Trinajstić information content (AvgIpc) is 2.27. The highest BCUT2D eigenvalue weighted by atomic mass is 79.9. The molecule has 4 N–H and O–H groups in total. The first-order valence-electron chi connectivity index (χ1n) is 4.97. The largest absolute Gasteiger partial charge is 0.480 e. The molecule has 0 aliphatic rings. The molecule has 6 nitrogen and oxygen atoms in total. The second-order valence-electron chi connectivity index (χ2n) is 3.55. The molecule has 0 aromatic heterocycles. The minimum Gasteiger partial charge on any atom is -0.480 e. The normalized spacial score (nSPS) is 11.6. The molecule has 0 bridgehead atoms. The van der Waals surface area contributed by atoms with Crippen LogP contribution in [0.15, 0.2) is 28.7 Å². The molecule has 18 heavy (non-hydrogen) atoms. The Morgan fingerprint density at radius 3 is 2.56 bits per heavy atom. The minimum atomic E-state index is -1.33. The van der Waals surface area contributed by atoms with Crippen molar-refractivity contribution in [2.75, 3.05) is 0 Å². The van der Waals surface area contributed by atoms with Crippen LogP contribution in [0.3, 0.4) is 0 Å². The van der Waals surface area contributed by atoms with Crippen molar-refractivity contribution in [3.05, 3.63) is 34.3 Å². The van der Waals surface area contributed by atoms with E-state index < -0.39 is 30.2 Å². The molecule has 0 fully saturated rings. The van der Waals surface area contributed by atoms with Gasteiger partial charge in [0.25, 0.3) is 5.91 Å². The Morgan fingerprint density at radius 2 is 2.06 bits per heavy atom. The predicted octanol–water partition coefficient (Wildman–Crippen LogP) is 0.507. The number of nitrogens with two attached hydrogens (primary N) is 1. The van der Waals surface area contributed by atoms with Crippen molar-refractivity contribution < 1.29 is 19.5 Å². The quantitative estimate of drug-likeness (QED) is 0.735. The van der Waals surface area contributed by atoms with Gasteiger partial charge in [-0.2, -0.15) is 0 Å². The minimum absolute atomic E-state index is 0.292. The van der Waals surface area contributed by atoms with E-state index in [0.717, 1.165) is 0 Å². The van der Waals surface area contributed by atoms with Gasteiger partial charge in [-0.15, -0.1) is 0 Å². The maximum Gasteiger partial charge on any atom is 0.326 e. The van der Waals surface area contributed by atoms with Crippen LogP contribution in [0.4, 0.5) is 0 Å². The molecule has 7 heteroatoms. The number of halogens is 1. The van der Waals surface area contributed by atoms with Gasteiger partial charge in [-0.05, 0) is 18.2 Å². The zero-order chi connectivity index (χ0) is 13.7. The number of rotatable bonds is 5. The van der Waals surface area contributed by atoms with E-state index in [1.165, 1.54) is 6.07 Å². The summed E-state index contributed by atoms with van der Waals surface area (Å²) in [5, 5.41) is 11.1. The summed E-state index contributed by atoms with van der Waals surface area (Å²) < 4.78 is 0.692. The average molecular weight is 315 g/mol. The first-order chi connectivity index (χ1) is 8.40. The molecule has 0 aliphatic carbocycles. The first-order valence-corrected chi connectivity index (χ1v) is 5.77. The molecular formula is C11H11BrN2O4. The fourth-order valence-corrected chi connectivity index (χ4v) is 1.67. The smallest absolute Gasteiger partial charge is 0.326 e. The number of benzene rings is 1. The monoisotopic (exact) mass is 314 g/mol. The number of carbonyl (C=O) groups is 3. The first kappa shape index (κ1) is 14.2. The van der Waals surface area contributed by atoms with Crippen LogP contribution < -0.4 is 11.1 Å². The zero-order valence-electron chi connectivity index (χ0n) is 9.22. The molecule has 0 heterocycles. The number of nitrogens with one attached hydrogen (secondary N) is 1. The van der Waals surface area contributed by atoms with E-state index in [-0.39, 0.29) is 0 Å². The van der Waals surface area contributed by atoms with Crippen molar-refractivity contribution in [2.24, 2.45) is 5.73 Å². The third-order valence-electron chi connectivity index (χ3n) is 2.10. The third-order valence-corrected chi connectivity index (χ3v) is 2.59. The second kappa shape index (κ2) is 6.15. The van der Waals surface area contributed by atoms with Gasteiger partial charge in [0, 0.05) is 10.0 Å². The standard InChI is InChI=1S/C11H11BrN2O4/c12-7-3-1-2-6(4-7)10(16)14-8(11(17)18)5-9(13)15/h1-4,8H,5H2,(H2,13,15)(H,14,16)(H,17,18)/t8-/m0/s1. The van der Waals surface area contributed by atoms with Crippen molar-refractivity contribution in [3.8, 4) is 0 Å². The highest BCUT2D eigenvalue weighted by Crippen LogP contribution is 2.11. The van der Waals surface area contributed by atoms with Gasteiger partial charge in [0.05, 0.1) is 6.42 Å². The molecule has 1 atom stereocenters. The maximum absolute atomic E-state index is 11.7. The summed E-state index contributed by atoms with van der Waals surface area (Å²) in [6, 6.07) is 5.12. The Kier molecular flexibility index (Phi) is 4.85. The molecule has 0 saturated heterocycles. The van der Waals surface area contributed by atoms with Crippen LogP contribution in [-0.2, 0) is 9.59 Å². The molecular weight excluding hydrogens is 304 g/mol. The van der Waals surface area contributed by atoms with Crippen LogP contribution in [-0.4, -0.2) is 28.9 Å². The van der Waals surface area contributed by atoms with Gasteiger partial charge in [-0.25, -0.2) is 4.79 Å². The molecule has 1 aromatic carbocycles. The van der Waals surface area contributed by atoms with E-state index in [4.69, 9.17) is 10.8 Å². The van der Waals surface area contributed by atoms with Gasteiger partial charge < -0.3 is 16.2 Å². The fourth-order valence-electron chi connectivity index (χ4n) is 1.27. The number of carboxylic acid groups (broad SMARTS) is 1. The lowest BCUT2D eigenvalue weighted by molar-refractivity contribution is -0.140. The lowest BCUT2D eigenvalue weighted by atomic mass is 10.1. The summed E-state index contributed by atoms with van der Waals surface area (Å²) in [5.74, 6) is -2.68. The van der Waals surface area contributed by atoms with Crippen molar-refractivity contribution in [1.29, 1.82) is 0 Å². The lowest BCUT2D eigenvalue weighted by Crippen LogP contribution is -2.43. The SMILES string of the molecule is NC(=O)C[C@H](NC(=O)c1cccc(Br)c1)C(=O)O. The Labute approximate surface area is 111 Å². The highest BCUT2D eigenvalue weighted by molar-refractivity contribution is 9.10. The summed E-state index contributed by atoms with van der Waals surface area (Å²) >= 11 is 3.20. The van der Waals surface area contributed by atoms with E-state index in [1.54, 1.807) is 18.2 Å². The van der Waals surface area contributed by atoms with Crippen molar-refractivity contribution in [2.45, 2.75) is 12.5 Å². The van der Waals surface area contributed by atoms with Crippen LogP contribution >= 0.6 is 15.9 Å². The third kappa shape index (κ3) is 4.17. The van der Waals surface area contributed by atoms with E-state index in [9.17, 15) is 14.4 Å². The fraction of sp³-hybridized carbons (Fsp3) is 0.182. The summed E-state index contributed by atoms with van der Waals surface area (Å²) in [6.45, 7) is 0. The number of aliphatic carboxylic acids is 1. The number of amides is 2. The van der Waals surface area contributed by atoms with Crippen molar-refractivity contribution in [1.82, 2.24) is 5.32 Å². The van der Waals surface area contributed by atoms with Crippen LogP contribution in [0.1, 0.15) is 16.8 Å². The van der Waals surface area contributed by atoms with Gasteiger partial charge >= 0.3 is 5.97 Å². The van der Waals surface area contributed by atoms with Crippen LogP contribution in [0.25, 0.3) is 0 Å². The zero-order valence-corrected chi connectivity index (χ0v) is 10.8. The van der Waals surface area contributed by atoms with Crippen molar-refractivity contribution in [3.63, 3.8) is 0 Å². The summed E-state index contributed by atoms with van der Waals surface area (Å²) in [6.07, 6.45) is -0.449. The Hall–Kier alpha value is -1.89.